The summed E-state index contributed by atoms with van der Waals surface area (Å²) in [5.74, 6) is 0. The standard InChI is InChI=1S/C3H9NO3/c1-3-7-4(5)6-2/h5H,3H2,1-2H3. The van der Waals surface area contributed by atoms with Gasteiger partial charge >= 0.3 is 0 Å². The van der Waals surface area contributed by atoms with E-state index in [-0.39, 0.29) is 0 Å². The Morgan fingerprint density at radius 3 is 2.43 bits per heavy atom. The smallest absolute Gasteiger partial charge is 0.0736 e. The van der Waals surface area contributed by atoms with Gasteiger partial charge in [-0.15, -0.1) is 0 Å². The molecule has 0 amide bonds. The number of hydrogen-bond acceptors (Lipinski definition) is 4. The third kappa shape index (κ3) is 3.68. The second-order valence-electron chi connectivity index (χ2n) is 0.838. The van der Waals surface area contributed by atoms with Crippen molar-refractivity contribution in [2.24, 2.45) is 0 Å². The van der Waals surface area contributed by atoms with Crippen molar-refractivity contribution in [2.75, 3.05) is 13.7 Å². The predicted octanol–water partition coefficient (Wildman–Crippen LogP) is 0.190. The summed E-state index contributed by atoms with van der Waals surface area (Å²) in [5.41, 5.74) is 0. The molecule has 0 heterocycles. The molecule has 4 heteroatoms. The van der Waals surface area contributed by atoms with Gasteiger partial charge in [0, 0.05) is 0 Å². The topological polar surface area (TPSA) is 41.9 Å². The van der Waals surface area contributed by atoms with E-state index >= 15 is 0 Å². The van der Waals surface area contributed by atoms with Gasteiger partial charge < -0.3 is 0 Å². The summed E-state index contributed by atoms with van der Waals surface area (Å²) in [4.78, 5) is 8.51. The Hall–Kier alpha value is -0.160. The maximum atomic E-state index is 8.25. The van der Waals surface area contributed by atoms with E-state index in [2.05, 4.69) is 9.68 Å². The Kier molecular flexibility index (Phi) is 3.92. The second kappa shape index (κ2) is 4.01. The molecule has 0 saturated carbocycles. The fraction of sp³-hybridized carbons (Fsp3) is 1.00. The van der Waals surface area contributed by atoms with E-state index in [4.69, 9.17) is 5.21 Å². The first-order valence-electron chi connectivity index (χ1n) is 1.97. The number of rotatable bonds is 3. The van der Waals surface area contributed by atoms with Gasteiger partial charge in [-0.3, -0.25) is 14.9 Å². The number of nitrogens with zero attached hydrogens (tertiary/aromatic N) is 1. The minimum atomic E-state index is 0.306. The highest BCUT2D eigenvalue weighted by molar-refractivity contribution is 3.94. The van der Waals surface area contributed by atoms with Crippen molar-refractivity contribution in [3.8, 4) is 0 Å². The largest absolute Gasteiger partial charge is 0.266 e. The van der Waals surface area contributed by atoms with Crippen LogP contribution in [0.2, 0.25) is 0 Å². The van der Waals surface area contributed by atoms with Crippen molar-refractivity contribution in [3.05, 3.63) is 0 Å². The average molecular weight is 107 g/mol. The summed E-state index contributed by atoms with van der Waals surface area (Å²) in [7, 11) is 1.30. The van der Waals surface area contributed by atoms with Gasteiger partial charge in [0.25, 0.3) is 0 Å². The maximum Gasteiger partial charge on any atom is 0.0736 e. The van der Waals surface area contributed by atoms with Gasteiger partial charge in [-0.2, -0.15) is 0 Å². The maximum absolute atomic E-state index is 8.25. The highest BCUT2D eigenvalue weighted by atomic mass is 17.1. The van der Waals surface area contributed by atoms with Gasteiger partial charge in [0.2, 0.25) is 0 Å². The molecule has 4 nitrogen and oxygen atoms in total. The zero-order valence-electron chi connectivity index (χ0n) is 4.42. The molecule has 0 fully saturated rings. The number of hydrogen-bond donors (Lipinski definition) is 1. The molecule has 0 aliphatic heterocycles. The molecule has 0 aromatic carbocycles. The van der Waals surface area contributed by atoms with Crippen LogP contribution in [0, 0.1) is 0 Å². The van der Waals surface area contributed by atoms with Gasteiger partial charge in [0.1, 0.15) is 0 Å². The molecular weight excluding hydrogens is 98.0 g/mol. The van der Waals surface area contributed by atoms with Crippen molar-refractivity contribution in [1.82, 2.24) is 5.39 Å². The molecule has 0 spiro atoms. The molecule has 0 atom stereocenters. The quantitative estimate of drug-likeness (QED) is 0.523. The predicted molar refractivity (Wildman–Crippen MR) is 22.3 cm³/mol. The Morgan fingerprint density at radius 2 is 2.29 bits per heavy atom. The van der Waals surface area contributed by atoms with E-state index in [0.29, 0.717) is 12.0 Å². The normalized spacial score (nSPS) is 10.3. The van der Waals surface area contributed by atoms with Crippen molar-refractivity contribution in [1.29, 1.82) is 0 Å². The highest BCUT2D eigenvalue weighted by Gasteiger charge is 1.89. The molecule has 44 valence electrons. The van der Waals surface area contributed by atoms with Gasteiger partial charge in [-0.1, -0.05) is 0 Å². The lowest BCUT2D eigenvalue weighted by atomic mass is 10.9. The van der Waals surface area contributed by atoms with Crippen LogP contribution in [0.15, 0.2) is 0 Å². The SMILES string of the molecule is CCON(O)OC. The highest BCUT2D eigenvalue weighted by Crippen LogP contribution is 1.79. The van der Waals surface area contributed by atoms with Crippen LogP contribution in [0.5, 0.6) is 0 Å². The Balaban J connectivity index is 2.83. The van der Waals surface area contributed by atoms with E-state index in [9.17, 15) is 0 Å². The zero-order valence-corrected chi connectivity index (χ0v) is 4.42. The summed E-state index contributed by atoms with van der Waals surface area (Å²) in [5, 5.41) is 8.55. The van der Waals surface area contributed by atoms with Gasteiger partial charge in [-0.05, 0) is 6.92 Å². The summed E-state index contributed by atoms with van der Waals surface area (Å²) in [6, 6.07) is 0. The van der Waals surface area contributed by atoms with Crippen LogP contribution in [0.25, 0.3) is 0 Å². The van der Waals surface area contributed by atoms with Crippen LogP contribution < -0.4 is 0 Å². The first-order chi connectivity index (χ1) is 3.31. The minimum Gasteiger partial charge on any atom is -0.266 e. The molecule has 0 saturated heterocycles. The molecule has 0 aliphatic carbocycles. The van der Waals surface area contributed by atoms with Crippen molar-refractivity contribution >= 4 is 0 Å². The summed E-state index contributed by atoms with van der Waals surface area (Å²) in [6.07, 6.45) is 0. The van der Waals surface area contributed by atoms with Crippen LogP contribution >= 0.6 is 0 Å². The molecule has 0 unspecified atom stereocenters. The van der Waals surface area contributed by atoms with Gasteiger partial charge in [-0.25, -0.2) is 0 Å². The Bertz CT molecular complexity index is 41.2. The molecule has 0 radical (unpaired) electrons. The molecule has 7 heavy (non-hydrogen) atoms. The van der Waals surface area contributed by atoms with Crippen LogP contribution in [0.3, 0.4) is 0 Å². The molecule has 0 aliphatic rings. The molecule has 0 aromatic rings. The first kappa shape index (κ1) is 6.84. The average Bonchev–Trinajstić information content (AvgIpc) is 1.68. The van der Waals surface area contributed by atoms with Gasteiger partial charge in [0.05, 0.1) is 19.1 Å². The fourth-order valence-corrected chi connectivity index (χ4v) is 0.163. The fourth-order valence-electron chi connectivity index (χ4n) is 0.163. The van der Waals surface area contributed by atoms with Gasteiger partial charge in [0.15, 0.2) is 0 Å². The molecule has 0 rings (SSSR count). The van der Waals surface area contributed by atoms with E-state index in [1.54, 1.807) is 6.92 Å². The van der Waals surface area contributed by atoms with E-state index in [1.165, 1.54) is 7.11 Å². The van der Waals surface area contributed by atoms with E-state index < -0.39 is 0 Å². The Morgan fingerprint density at radius 1 is 1.71 bits per heavy atom. The van der Waals surface area contributed by atoms with Crippen LogP contribution in [-0.2, 0) is 9.68 Å². The van der Waals surface area contributed by atoms with Crippen LogP contribution in [-0.4, -0.2) is 24.3 Å². The summed E-state index contributed by atoms with van der Waals surface area (Å²) >= 11 is 0. The zero-order chi connectivity index (χ0) is 5.70. The Labute approximate surface area is 42.1 Å². The molecular formula is C3H9NO3. The lowest BCUT2D eigenvalue weighted by Gasteiger charge is -2.06. The van der Waals surface area contributed by atoms with Crippen molar-refractivity contribution in [2.45, 2.75) is 6.92 Å². The van der Waals surface area contributed by atoms with Crippen LogP contribution in [0.4, 0.5) is 0 Å². The van der Waals surface area contributed by atoms with Crippen LogP contribution in [0.1, 0.15) is 6.92 Å². The van der Waals surface area contributed by atoms with E-state index in [1.807, 2.05) is 0 Å². The second-order valence-corrected chi connectivity index (χ2v) is 0.838. The monoisotopic (exact) mass is 107 g/mol. The molecule has 0 bridgehead atoms. The van der Waals surface area contributed by atoms with Crippen molar-refractivity contribution in [3.63, 3.8) is 0 Å². The molecule has 1 N–H and O–H groups in total. The lowest BCUT2D eigenvalue weighted by molar-refractivity contribution is -0.500. The van der Waals surface area contributed by atoms with E-state index in [0.717, 1.165) is 0 Å². The third-order valence-electron chi connectivity index (χ3n) is 0.396. The van der Waals surface area contributed by atoms with Crippen molar-refractivity contribution < 1.29 is 14.9 Å². The molecule has 0 aromatic heterocycles. The third-order valence-corrected chi connectivity index (χ3v) is 0.396. The first-order valence-corrected chi connectivity index (χ1v) is 1.97. The summed E-state index contributed by atoms with van der Waals surface area (Å²) < 4.78 is 0. The lowest BCUT2D eigenvalue weighted by Crippen LogP contribution is -2.17. The summed E-state index contributed by atoms with van der Waals surface area (Å²) in [6.45, 7) is 2.13. The minimum absolute atomic E-state index is 0.306.